The monoisotopic (exact) mass is 265 g/mol. The molecule has 0 radical (unpaired) electrons. The molecule has 0 aliphatic carbocycles. The summed E-state index contributed by atoms with van der Waals surface area (Å²) in [6.45, 7) is 0.707. The molecule has 0 saturated carbocycles. The highest BCUT2D eigenvalue weighted by molar-refractivity contribution is 5.20. The lowest BCUT2D eigenvalue weighted by Gasteiger charge is -2.07. The molecule has 19 heavy (non-hydrogen) atoms. The van der Waals surface area contributed by atoms with Crippen molar-refractivity contribution in [3.8, 4) is 0 Å². The van der Waals surface area contributed by atoms with Gasteiger partial charge in [0.15, 0.2) is 0 Å². The molecule has 0 unspecified atom stereocenters. The summed E-state index contributed by atoms with van der Waals surface area (Å²) < 4.78 is 39.3. The minimum absolute atomic E-state index is 0.0432. The van der Waals surface area contributed by atoms with Crippen molar-refractivity contribution in [1.82, 2.24) is 5.32 Å². The summed E-state index contributed by atoms with van der Waals surface area (Å²) in [5.41, 5.74) is 1.02. The van der Waals surface area contributed by atoms with Crippen molar-refractivity contribution in [2.75, 3.05) is 6.54 Å². The zero-order valence-electron chi connectivity index (χ0n) is 10.3. The number of hydrogen-bond acceptors (Lipinski definition) is 1. The van der Waals surface area contributed by atoms with E-state index in [9.17, 15) is 13.2 Å². The Bertz CT molecular complexity index is 517. The SMILES string of the molecule is Fc1ccc(CCNCc2c(F)cccc2F)cc1. The third-order valence-electron chi connectivity index (χ3n) is 2.87. The standard InChI is InChI=1S/C15H14F3N/c16-12-6-4-11(5-7-12)8-9-19-10-13-14(17)2-1-3-15(13)18/h1-7,19H,8-10H2. The minimum Gasteiger partial charge on any atom is -0.312 e. The van der Waals surface area contributed by atoms with Crippen molar-refractivity contribution in [3.63, 3.8) is 0 Å². The van der Waals surface area contributed by atoms with Crippen molar-refractivity contribution >= 4 is 0 Å². The van der Waals surface area contributed by atoms with Crippen LogP contribution in [0.3, 0.4) is 0 Å². The Kier molecular flexibility index (Phi) is 4.58. The Morgan fingerprint density at radius 2 is 1.47 bits per heavy atom. The van der Waals surface area contributed by atoms with Gasteiger partial charge < -0.3 is 5.32 Å². The van der Waals surface area contributed by atoms with Gasteiger partial charge in [-0.25, -0.2) is 13.2 Å². The molecule has 100 valence electrons. The maximum absolute atomic E-state index is 13.3. The summed E-state index contributed by atoms with van der Waals surface area (Å²) in [5.74, 6) is -1.37. The largest absolute Gasteiger partial charge is 0.312 e. The topological polar surface area (TPSA) is 12.0 Å². The predicted octanol–water partition coefficient (Wildman–Crippen LogP) is 3.44. The lowest BCUT2D eigenvalue weighted by molar-refractivity contribution is 0.536. The summed E-state index contributed by atoms with van der Waals surface area (Å²) in [4.78, 5) is 0. The Morgan fingerprint density at radius 3 is 2.11 bits per heavy atom. The highest BCUT2D eigenvalue weighted by atomic mass is 19.1. The van der Waals surface area contributed by atoms with Crippen molar-refractivity contribution in [2.24, 2.45) is 0 Å². The van der Waals surface area contributed by atoms with E-state index >= 15 is 0 Å². The van der Waals surface area contributed by atoms with Gasteiger partial charge in [0.2, 0.25) is 0 Å². The molecule has 0 aromatic heterocycles. The molecule has 0 spiro atoms. The van der Waals surface area contributed by atoms with Crippen LogP contribution in [0.2, 0.25) is 0 Å². The number of nitrogens with one attached hydrogen (secondary N) is 1. The molecule has 2 aromatic carbocycles. The van der Waals surface area contributed by atoms with E-state index in [0.717, 1.165) is 5.56 Å². The smallest absolute Gasteiger partial charge is 0.130 e. The third-order valence-corrected chi connectivity index (χ3v) is 2.87. The van der Waals surface area contributed by atoms with E-state index in [1.165, 1.54) is 30.3 Å². The normalized spacial score (nSPS) is 10.7. The summed E-state index contributed by atoms with van der Waals surface area (Å²) in [6.07, 6.45) is 0.677. The Hall–Kier alpha value is -1.81. The molecule has 4 heteroatoms. The maximum Gasteiger partial charge on any atom is 0.130 e. The Labute approximate surface area is 110 Å². The first kappa shape index (κ1) is 13.6. The second-order valence-corrected chi connectivity index (χ2v) is 4.25. The van der Waals surface area contributed by atoms with Gasteiger partial charge in [-0.05, 0) is 42.8 Å². The summed E-state index contributed by atoms with van der Waals surface area (Å²) in [7, 11) is 0. The van der Waals surface area contributed by atoms with E-state index in [1.807, 2.05) is 0 Å². The molecule has 1 nitrogen and oxygen atoms in total. The maximum atomic E-state index is 13.3. The van der Waals surface area contributed by atoms with Crippen molar-refractivity contribution in [1.29, 1.82) is 0 Å². The van der Waals surface area contributed by atoms with Crippen LogP contribution in [0.25, 0.3) is 0 Å². The van der Waals surface area contributed by atoms with Gasteiger partial charge in [0.05, 0.1) is 0 Å². The van der Waals surface area contributed by atoms with Crippen LogP contribution in [0, 0.1) is 17.5 Å². The molecule has 0 amide bonds. The van der Waals surface area contributed by atoms with Gasteiger partial charge in [0, 0.05) is 12.1 Å². The fourth-order valence-electron chi connectivity index (χ4n) is 1.80. The van der Waals surface area contributed by atoms with E-state index in [1.54, 1.807) is 12.1 Å². The fourth-order valence-corrected chi connectivity index (χ4v) is 1.80. The van der Waals surface area contributed by atoms with Crippen LogP contribution in [0.15, 0.2) is 42.5 Å². The van der Waals surface area contributed by atoms with Crippen LogP contribution >= 0.6 is 0 Å². The minimum atomic E-state index is -0.547. The zero-order chi connectivity index (χ0) is 13.7. The third kappa shape index (κ3) is 3.83. The first-order chi connectivity index (χ1) is 9.16. The lowest BCUT2D eigenvalue weighted by atomic mass is 10.1. The number of hydrogen-bond donors (Lipinski definition) is 1. The summed E-state index contributed by atoms with van der Waals surface area (Å²) in [5, 5.41) is 2.97. The van der Waals surface area contributed by atoms with E-state index in [0.29, 0.717) is 13.0 Å². The second kappa shape index (κ2) is 6.38. The van der Waals surface area contributed by atoms with Gasteiger partial charge in [-0.3, -0.25) is 0 Å². The molecule has 0 atom stereocenters. The molecule has 1 N–H and O–H groups in total. The van der Waals surface area contributed by atoms with Crippen molar-refractivity contribution in [2.45, 2.75) is 13.0 Å². The first-order valence-corrected chi connectivity index (χ1v) is 6.05. The van der Waals surface area contributed by atoms with Crippen molar-refractivity contribution < 1.29 is 13.2 Å². The van der Waals surface area contributed by atoms with Crippen LogP contribution in [-0.4, -0.2) is 6.54 Å². The molecule has 2 rings (SSSR count). The van der Waals surface area contributed by atoms with Gasteiger partial charge in [-0.2, -0.15) is 0 Å². The lowest BCUT2D eigenvalue weighted by Crippen LogP contribution is -2.18. The van der Waals surface area contributed by atoms with E-state index < -0.39 is 11.6 Å². The number of rotatable bonds is 5. The summed E-state index contributed by atoms with van der Waals surface area (Å²) >= 11 is 0. The number of halogens is 3. The molecular formula is C15H14F3N. The summed E-state index contributed by atoms with van der Waals surface area (Å²) in [6, 6.07) is 9.99. The van der Waals surface area contributed by atoms with E-state index in [4.69, 9.17) is 0 Å². The average molecular weight is 265 g/mol. The fraction of sp³-hybridized carbons (Fsp3) is 0.200. The van der Waals surface area contributed by atoms with Crippen LogP contribution in [-0.2, 0) is 13.0 Å². The van der Waals surface area contributed by atoms with Crippen LogP contribution in [0.5, 0.6) is 0 Å². The second-order valence-electron chi connectivity index (χ2n) is 4.25. The van der Waals surface area contributed by atoms with Crippen molar-refractivity contribution in [3.05, 3.63) is 71.0 Å². The van der Waals surface area contributed by atoms with E-state index in [2.05, 4.69) is 5.32 Å². The molecule has 0 aliphatic rings. The molecular weight excluding hydrogens is 251 g/mol. The molecule has 2 aromatic rings. The van der Waals surface area contributed by atoms with E-state index in [-0.39, 0.29) is 17.9 Å². The predicted molar refractivity (Wildman–Crippen MR) is 68.2 cm³/mol. The quantitative estimate of drug-likeness (QED) is 0.817. The highest BCUT2D eigenvalue weighted by Gasteiger charge is 2.07. The molecule has 0 fully saturated rings. The first-order valence-electron chi connectivity index (χ1n) is 6.05. The molecule has 0 aliphatic heterocycles. The van der Waals surface area contributed by atoms with Crippen LogP contribution in [0.4, 0.5) is 13.2 Å². The molecule has 0 saturated heterocycles. The molecule has 0 bridgehead atoms. The molecule has 0 heterocycles. The van der Waals surface area contributed by atoms with Gasteiger partial charge >= 0.3 is 0 Å². The van der Waals surface area contributed by atoms with Gasteiger partial charge in [0.1, 0.15) is 17.5 Å². The van der Waals surface area contributed by atoms with Crippen LogP contribution in [0.1, 0.15) is 11.1 Å². The average Bonchev–Trinajstić information content (AvgIpc) is 2.39. The Balaban J connectivity index is 1.82. The Morgan fingerprint density at radius 1 is 0.842 bits per heavy atom. The van der Waals surface area contributed by atoms with Gasteiger partial charge in [0.25, 0.3) is 0 Å². The van der Waals surface area contributed by atoms with Gasteiger partial charge in [-0.15, -0.1) is 0 Å². The number of benzene rings is 2. The van der Waals surface area contributed by atoms with Crippen LogP contribution < -0.4 is 5.32 Å². The highest BCUT2D eigenvalue weighted by Crippen LogP contribution is 2.11. The van der Waals surface area contributed by atoms with Gasteiger partial charge in [-0.1, -0.05) is 18.2 Å². The zero-order valence-corrected chi connectivity index (χ0v) is 10.3.